The van der Waals surface area contributed by atoms with Crippen molar-refractivity contribution in [3.63, 3.8) is 0 Å². The van der Waals surface area contributed by atoms with Crippen molar-refractivity contribution in [1.82, 2.24) is 0 Å². The predicted octanol–water partition coefficient (Wildman–Crippen LogP) is 3.11. The molecule has 0 spiro atoms. The summed E-state index contributed by atoms with van der Waals surface area (Å²) in [5.41, 5.74) is 0. The minimum absolute atomic E-state index is 0.301. The van der Waals surface area contributed by atoms with E-state index in [1.807, 2.05) is 6.92 Å². The lowest BCUT2D eigenvalue weighted by Crippen LogP contribution is -2.24. The molecule has 0 radical (unpaired) electrons. The fourth-order valence-electron chi connectivity index (χ4n) is 1.04. The molecular formula is C12H26O2. The van der Waals surface area contributed by atoms with Gasteiger partial charge in [0, 0.05) is 19.1 Å². The molecule has 0 bridgehead atoms. The van der Waals surface area contributed by atoms with Crippen LogP contribution >= 0.6 is 0 Å². The maximum Gasteiger partial charge on any atom is 0.0594 e. The Balaban J connectivity index is 3.55. The summed E-state index contributed by atoms with van der Waals surface area (Å²) in [6.45, 7) is 13.2. The molecule has 0 fully saturated rings. The van der Waals surface area contributed by atoms with E-state index in [1.165, 1.54) is 6.42 Å². The van der Waals surface area contributed by atoms with Gasteiger partial charge in [0.05, 0.1) is 12.7 Å². The molecule has 0 aromatic heterocycles. The van der Waals surface area contributed by atoms with Gasteiger partial charge < -0.3 is 9.47 Å². The standard InChI is InChI=1S/C12H26O2/c1-6-10(3)8-14-12(5)11(4)9-13-7-2/h10-12H,6-9H2,1-5H3. The average Bonchev–Trinajstić information content (AvgIpc) is 2.21. The van der Waals surface area contributed by atoms with E-state index in [0.29, 0.717) is 17.9 Å². The largest absolute Gasteiger partial charge is 0.381 e. The van der Waals surface area contributed by atoms with E-state index >= 15 is 0 Å². The van der Waals surface area contributed by atoms with Gasteiger partial charge in [-0.05, 0) is 19.8 Å². The topological polar surface area (TPSA) is 18.5 Å². The smallest absolute Gasteiger partial charge is 0.0594 e. The fraction of sp³-hybridized carbons (Fsp3) is 1.00. The van der Waals surface area contributed by atoms with Crippen molar-refractivity contribution in [2.24, 2.45) is 11.8 Å². The average molecular weight is 202 g/mol. The number of hydrogen-bond acceptors (Lipinski definition) is 2. The van der Waals surface area contributed by atoms with Gasteiger partial charge in [-0.2, -0.15) is 0 Å². The molecule has 0 aliphatic carbocycles. The highest BCUT2D eigenvalue weighted by Gasteiger charge is 2.13. The van der Waals surface area contributed by atoms with E-state index in [0.717, 1.165) is 19.8 Å². The Morgan fingerprint density at radius 3 is 2.14 bits per heavy atom. The van der Waals surface area contributed by atoms with E-state index < -0.39 is 0 Å². The Morgan fingerprint density at radius 1 is 1.00 bits per heavy atom. The molecule has 2 heteroatoms. The summed E-state index contributed by atoms with van der Waals surface area (Å²) in [5.74, 6) is 1.15. The van der Waals surface area contributed by atoms with E-state index in [9.17, 15) is 0 Å². The van der Waals surface area contributed by atoms with E-state index in [1.54, 1.807) is 0 Å². The normalized spacial score (nSPS) is 17.8. The zero-order chi connectivity index (χ0) is 11.0. The van der Waals surface area contributed by atoms with Crippen LogP contribution in [-0.2, 0) is 9.47 Å². The minimum atomic E-state index is 0.301. The molecule has 0 aliphatic rings. The molecular weight excluding hydrogens is 176 g/mol. The van der Waals surface area contributed by atoms with Crippen LogP contribution in [0.4, 0.5) is 0 Å². The van der Waals surface area contributed by atoms with E-state index in [2.05, 4.69) is 27.7 Å². The third-order valence-electron chi connectivity index (χ3n) is 2.73. The zero-order valence-corrected chi connectivity index (χ0v) is 10.4. The van der Waals surface area contributed by atoms with Crippen molar-refractivity contribution in [3.05, 3.63) is 0 Å². The highest BCUT2D eigenvalue weighted by Crippen LogP contribution is 2.10. The maximum atomic E-state index is 5.77. The zero-order valence-electron chi connectivity index (χ0n) is 10.4. The van der Waals surface area contributed by atoms with Crippen molar-refractivity contribution in [1.29, 1.82) is 0 Å². The van der Waals surface area contributed by atoms with Crippen LogP contribution in [0.25, 0.3) is 0 Å². The molecule has 3 atom stereocenters. The SMILES string of the molecule is CCOCC(C)C(C)OCC(C)CC. The molecule has 0 saturated carbocycles. The quantitative estimate of drug-likeness (QED) is 0.602. The third-order valence-corrected chi connectivity index (χ3v) is 2.73. The molecule has 0 saturated heterocycles. The van der Waals surface area contributed by atoms with Gasteiger partial charge in [0.2, 0.25) is 0 Å². The lowest BCUT2D eigenvalue weighted by atomic mass is 10.1. The number of hydrogen-bond donors (Lipinski definition) is 0. The molecule has 14 heavy (non-hydrogen) atoms. The van der Waals surface area contributed by atoms with Crippen molar-refractivity contribution in [3.8, 4) is 0 Å². The van der Waals surface area contributed by atoms with Gasteiger partial charge in [-0.25, -0.2) is 0 Å². The summed E-state index contributed by atoms with van der Waals surface area (Å²) in [4.78, 5) is 0. The molecule has 0 heterocycles. The van der Waals surface area contributed by atoms with Crippen LogP contribution in [0.3, 0.4) is 0 Å². The second-order valence-corrected chi connectivity index (χ2v) is 4.19. The predicted molar refractivity (Wildman–Crippen MR) is 60.5 cm³/mol. The van der Waals surface area contributed by atoms with Crippen LogP contribution in [-0.4, -0.2) is 25.9 Å². The third kappa shape index (κ3) is 6.39. The molecule has 0 aliphatic heterocycles. The van der Waals surface area contributed by atoms with Crippen molar-refractivity contribution >= 4 is 0 Å². The first-order valence-electron chi connectivity index (χ1n) is 5.81. The molecule has 3 unspecified atom stereocenters. The summed E-state index contributed by atoms with van der Waals surface area (Å²) in [5, 5.41) is 0. The van der Waals surface area contributed by atoms with Gasteiger partial charge in [-0.1, -0.05) is 27.2 Å². The Bertz CT molecular complexity index is 125. The highest BCUT2D eigenvalue weighted by molar-refractivity contribution is 4.61. The summed E-state index contributed by atoms with van der Waals surface area (Å²) < 4.78 is 11.1. The minimum Gasteiger partial charge on any atom is -0.381 e. The highest BCUT2D eigenvalue weighted by atomic mass is 16.5. The Hall–Kier alpha value is -0.0800. The first-order valence-corrected chi connectivity index (χ1v) is 5.81. The van der Waals surface area contributed by atoms with Gasteiger partial charge in [0.25, 0.3) is 0 Å². The van der Waals surface area contributed by atoms with E-state index in [4.69, 9.17) is 9.47 Å². The van der Waals surface area contributed by atoms with Gasteiger partial charge >= 0.3 is 0 Å². The second kappa shape index (κ2) is 8.25. The van der Waals surface area contributed by atoms with Crippen LogP contribution in [0.2, 0.25) is 0 Å². The molecule has 0 aromatic carbocycles. The lowest BCUT2D eigenvalue weighted by molar-refractivity contribution is -0.0166. The first kappa shape index (κ1) is 13.9. The molecule has 0 amide bonds. The van der Waals surface area contributed by atoms with E-state index in [-0.39, 0.29) is 0 Å². The van der Waals surface area contributed by atoms with Crippen molar-refractivity contribution < 1.29 is 9.47 Å². The molecule has 0 N–H and O–H groups in total. The van der Waals surface area contributed by atoms with Gasteiger partial charge in [0.1, 0.15) is 0 Å². The summed E-state index contributed by atoms with van der Waals surface area (Å²) >= 11 is 0. The summed E-state index contributed by atoms with van der Waals surface area (Å²) in [6.07, 6.45) is 1.49. The van der Waals surface area contributed by atoms with Crippen LogP contribution in [0.15, 0.2) is 0 Å². The first-order chi connectivity index (χ1) is 6.61. The Morgan fingerprint density at radius 2 is 1.64 bits per heavy atom. The van der Waals surface area contributed by atoms with Crippen LogP contribution in [0, 0.1) is 11.8 Å². The maximum absolute atomic E-state index is 5.77. The van der Waals surface area contributed by atoms with Crippen molar-refractivity contribution in [2.75, 3.05) is 19.8 Å². The molecule has 2 nitrogen and oxygen atoms in total. The summed E-state index contributed by atoms with van der Waals surface area (Å²) in [7, 11) is 0. The molecule has 0 aromatic rings. The molecule has 86 valence electrons. The van der Waals surface area contributed by atoms with Gasteiger partial charge in [-0.15, -0.1) is 0 Å². The van der Waals surface area contributed by atoms with Crippen molar-refractivity contribution in [2.45, 2.75) is 47.1 Å². The summed E-state index contributed by atoms with van der Waals surface area (Å²) in [6, 6.07) is 0. The Kier molecular flexibility index (Phi) is 8.20. The Labute approximate surface area is 89.0 Å². The van der Waals surface area contributed by atoms with Crippen LogP contribution < -0.4 is 0 Å². The number of rotatable bonds is 8. The number of ether oxygens (including phenoxy) is 2. The van der Waals surface area contributed by atoms with Gasteiger partial charge in [-0.3, -0.25) is 0 Å². The lowest BCUT2D eigenvalue weighted by Gasteiger charge is -2.21. The van der Waals surface area contributed by atoms with Gasteiger partial charge in [0.15, 0.2) is 0 Å². The van der Waals surface area contributed by atoms with Crippen LogP contribution in [0.1, 0.15) is 41.0 Å². The monoisotopic (exact) mass is 202 g/mol. The van der Waals surface area contributed by atoms with Crippen LogP contribution in [0.5, 0.6) is 0 Å². The molecule has 0 rings (SSSR count). The second-order valence-electron chi connectivity index (χ2n) is 4.19. The fourth-order valence-corrected chi connectivity index (χ4v) is 1.04.